The van der Waals surface area contributed by atoms with Gasteiger partial charge in [-0.15, -0.1) is 0 Å². The standard InChI is InChI=1S/C16H11BrClNO3/c17-11-3-1-10(2-4-11)14(20)8-19-13-7-12(18)5-6-15(13)22-9-16(19)21/h1-7H,8-9H2. The topological polar surface area (TPSA) is 46.6 Å². The number of nitrogens with zero attached hydrogens (tertiary/aromatic N) is 1. The highest BCUT2D eigenvalue weighted by Gasteiger charge is 2.27. The molecule has 22 heavy (non-hydrogen) atoms. The number of amides is 1. The van der Waals surface area contributed by atoms with Crippen LogP contribution in [0.25, 0.3) is 0 Å². The van der Waals surface area contributed by atoms with Gasteiger partial charge in [0.1, 0.15) is 5.75 Å². The molecule has 0 spiro atoms. The average molecular weight is 381 g/mol. The van der Waals surface area contributed by atoms with Crippen LogP contribution >= 0.6 is 27.5 Å². The molecule has 1 heterocycles. The number of Topliss-reactive ketones (excluding diaryl/α,β-unsaturated/α-hetero) is 1. The fraction of sp³-hybridized carbons (Fsp3) is 0.125. The van der Waals surface area contributed by atoms with Crippen molar-refractivity contribution >= 4 is 44.9 Å². The van der Waals surface area contributed by atoms with Crippen molar-refractivity contribution in [2.24, 2.45) is 0 Å². The molecule has 0 atom stereocenters. The lowest BCUT2D eigenvalue weighted by molar-refractivity contribution is -0.121. The molecule has 1 aliphatic rings. The van der Waals surface area contributed by atoms with Crippen LogP contribution in [0.4, 0.5) is 5.69 Å². The van der Waals surface area contributed by atoms with Gasteiger partial charge in [-0.05, 0) is 30.3 Å². The highest BCUT2D eigenvalue weighted by atomic mass is 79.9. The van der Waals surface area contributed by atoms with Crippen LogP contribution in [0, 0.1) is 0 Å². The van der Waals surface area contributed by atoms with Crippen LogP contribution in [-0.4, -0.2) is 24.8 Å². The third-order valence-electron chi connectivity index (χ3n) is 3.33. The normalized spacial score (nSPS) is 13.5. The molecule has 112 valence electrons. The van der Waals surface area contributed by atoms with E-state index in [1.165, 1.54) is 4.90 Å². The van der Waals surface area contributed by atoms with Crippen molar-refractivity contribution in [2.45, 2.75) is 0 Å². The number of benzene rings is 2. The lowest BCUT2D eigenvalue weighted by Crippen LogP contribution is -2.42. The van der Waals surface area contributed by atoms with Gasteiger partial charge in [0, 0.05) is 15.1 Å². The highest BCUT2D eigenvalue weighted by Crippen LogP contribution is 2.34. The van der Waals surface area contributed by atoms with Crippen molar-refractivity contribution in [3.05, 3.63) is 57.5 Å². The van der Waals surface area contributed by atoms with Crippen LogP contribution in [0.15, 0.2) is 46.9 Å². The van der Waals surface area contributed by atoms with E-state index in [4.69, 9.17) is 16.3 Å². The predicted octanol–water partition coefficient (Wildman–Crippen LogP) is 3.71. The zero-order valence-electron chi connectivity index (χ0n) is 11.4. The van der Waals surface area contributed by atoms with Crippen molar-refractivity contribution in [1.29, 1.82) is 0 Å². The minimum Gasteiger partial charge on any atom is -0.482 e. The van der Waals surface area contributed by atoms with Crippen molar-refractivity contribution < 1.29 is 14.3 Å². The molecule has 1 amide bonds. The lowest BCUT2D eigenvalue weighted by Gasteiger charge is -2.29. The lowest BCUT2D eigenvalue weighted by atomic mass is 10.1. The SMILES string of the molecule is O=C(CN1C(=O)COc2ccc(Cl)cc21)c1ccc(Br)cc1. The summed E-state index contributed by atoms with van der Waals surface area (Å²) in [5.41, 5.74) is 1.07. The molecule has 6 heteroatoms. The van der Waals surface area contributed by atoms with E-state index in [0.717, 1.165) is 4.47 Å². The maximum absolute atomic E-state index is 12.4. The molecular weight excluding hydrogens is 370 g/mol. The Morgan fingerprint density at radius 3 is 2.68 bits per heavy atom. The molecule has 2 aromatic rings. The summed E-state index contributed by atoms with van der Waals surface area (Å²) < 4.78 is 6.25. The van der Waals surface area contributed by atoms with Crippen LogP contribution < -0.4 is 9.64 Å². The Hall–Kier alpha value is -1.85. The molecule has 4 nitrogen and oxygen atoms in total. The van der Waals surface area contributed by atoms with Gasteiger partial charge in [0.25, 0.3) is 5.91 Å². The molecule has 0 aliphatic carbocycles. The molecule has 0 aromatic heterocycles. The fourth-order valence-electron chi connectivity index (χ4n) is 2.22. The van der Waals surface area contributed by atoms with E-state index in [-0.39, 0.29) is 24.8 Å². The minimum atomic E-state index is -0.264. The monoisotopic (exact) mass is 379 g/mol. The zero-order valence-corrected chi connectivity index (χ0v) is 13.7. The number of halogens is 2. The first-order valence-electron chi connectivity index (χ1n) is 6.56. The maximum atomic E-state index is 12.4. The van der Waals surface area contributed by atoms with E-state index in [9.17, 15) is 9.59 Å². The number of hydrogen-bond acceptors (Lipinski definition) is 3. The second-order valence-corrected chi connectivity index (χ2v) is 6.16. The van der Waals surface area contributed by atoms with E-state index in [2.05, 4.69) is 15.9 Å². The van der Waals surface area contributed by atoms with Crippen molar-refractivity contribution in [3.8, 4) is 5.75 Å². The Morgan fingerprint density at radius 1 is 1.23 bits per heavy atom. The summed E-state index contributed by atoms with van der Waals surface area (Å²) in [6, 6.07) is 12.0. The first-order valence-corrected chi connectivity index (χ1v) is 7.73. The van der Waals surface area contributed by atoms with Gasteiger partial charge in [-0.1, -0.05) is 39.7 Å². The molecule has 3 rings (SSSR count). The molecular formula is C16H11BrClNO3. The van der Waals surface area contributed by atoms with Gasteiger partial charge in [-0.3, -0.25) is 14.5 Å². The summed E-state index contributed by atoms with van der Waals surface area (Å²) in [4.78, 5) is 25.9. The Morgan fingerprint density at radius 2 is 1.95 bits per heavy atom. The molecule has 0 bridgehead atoms. The molecule has 0 fully saturated rings. The Balaban J connectivity index is 1.88. The number of rotatable bonds is 3. The van der Waals surface area contributed by atoms with Crippen LogP contribution in [0.1, 0.15) is 10.4 Å². The van der Waals surface area contributed by atoms with Crippen LogP contribution in [0.5, 0.6) is 5.75 Å². The number of ether oxygens (including phenoxy) is 1. The first kappa shape index (κ1) is 15.1. The van der Waals surface area contributed by atoms with Gasteiger partial charge in [0.2, 0.25) is 0 Å². The Kier molecular flexibility index (Phi) is 4.18. The van der Waals surface area contributed by atoms with Gasteiger partial charge in [-0.25, -0.2) is 0 Å². The number of fused-ring (bicyclic) bond motifs is 1. The van der Waals surface area contributed by atoms with E-state index in [1.807, 2.05) is 0 Å². The zero-order chi connectivity index (χ0) is 15.7. The van der Waals surface area contributed by atoms with Gasteiger partial charge < -0.3 is 4.74 Å². The van der Waals surface area contributed by atoms with E-state index < -0.39 is 0 Å². The van der Waals surface area contributed by atoms with Gasteiger partial charge >= 0.3 is 0 Å². The fourth-order valence-corrected chi connectivity index (χ4v) is 2.65. The molecule has 0 saturated heterocycles. The Bertz CT molecular complexity index is 746. The third kappa shape index (κ3) is 3.00. The smallest absolute Gasteiger partial charge is 0.265 e. The summed E-state index contributed by atoms with van der Waals surface area (Å²) in [5.74, 6) is 0.140. The number of ketones is 1. The predicted molar refractivity (Wildman–Crippen MR) is 87.8 cm³/mol. The summed E-state index contributed by atoms with van der Waals surface area (Å²) in [6.45, 7) is -0.126. The van der Waals surface area contributed by atoms with Crippen LogP contribution in [0.2, 0.25) is 5.02 Å². The Labute approximate surface area is 140 Å². The second kappa shape index (κ2) is 6.10. The van der Waals surface area contributed by atoms with E-state index >= 15 is 0 Å². The van der Waals surface area contributed by atoms with E-state index in [1.54, 1.807) is 42.5 Å². The largest absolute Gasteiger partial charge is 0.482 e. The molecule has 0 unspecified atom stereocenters. The first-order chi connectivity index (χ1) is 10.5. The molecule has 0 saturated carbocycles. The van der Waals surface area contributed by atoms with Crippen molar-refractivity contribution in [1.82, 2.24) is 0 Å². The molecule has 1 aliphatic heterocycles. The van der Waals surface area contributed by atoms with Gasteiger partial charge in [0.15, 0.2) is 12.4 Å². The summed E-state index contributed by atoms with van der Waals surface area (Å²) in [7, 11) is 0. The van der Waals surface area contributed by atoms with Crippen LogP contribution in [0.3, 0.4) is 0 Å². The van der Waals surface area contributed by atoms with Crippen LogP contribution in [-0.2, 0) is 4.79 Å². The molecule has 0 radical (unpaired) electrons. The average Bonchev–Trinajstić information content (AvgIpc) is 2.51. The number of hydrogen-bond donors (Lipinski definition) is 0. The molecule has 2 aromatic carbocycles. The number of carbonyl (C=O) groups is 2. The third-order valence-corrected chi connectivity index (χ3v) is 4.10. The number of carbonyl (C=O) groups excluding carboxylic acids is 2. The quantitative estimate of drug-likeness (QED) is 0.763. The second-order valence-electron chi connectivity index (χ2n) is 4.81. The summed E-state index contributed by atoms with van der Waals surface area (Å²) in [6.07, 6.45) is 0. The summed E-state index contributed by atoms with van der Waals surface area (Å²) >= 11 is 9.30. The van der Waals surface area contributed by atoms with Gasteiger partial charge in [0.05, 0.1) is 12.2 Å². The number of anilines is 1. The maximum Gasteiger partial charge on any atom is 0.265 e. The minimum absolute atomic E-state index is 0.0445. The molecule has 0 N–H and O–H groups in total. The van der Waals surface area contributed by atoms with Gasteiger partial charge in [-0.2, -0.15) is 0 Å². The van der Waals surface area contributed by atoms with Crippen molar-refractivity contribution in [2.75, 3.05) is 18.1 Å². The highest BCUT2D eigenvalue weighted by molar-refractivity contribution is 9.10. The summed E-state index contributed by atoms with van der Waals surface area (Å²) in [5, 5.41) is 0.484. The van der Waals surface area contributed by atoms with E-state index in [0.29, 0.717) is 22.0 Å². The van der Waals surface area contributed by atoms with Crippen molar-refractivity contribution in [3.63, 3.8) is 0 Å².